The third-order valence-electron chi connectivity index (χ3n) is 9.87. The maximum atomic E-state index is 10.8. The maximum Gasteiger partial charge on any atom is 0.187 e. The van der Waals surface area contributed by atoms with E-state index in [-0.39, 0.29) is 0 Å². The van der Waals surface area contributed by atoms with Crippen molar-refractivity contribution >= 4 is 0 Å². The average Bonchev–Trinajstić information content (AvgIpc) is 3.85. The van der Waals surface area contributed by atoms with E-state index in [0.717, 1.165) is 0 Å². The Hall–Kier alpha value is -1.04. The van der Waals surface area contributed by atoms with Crippen molar-refractivity contribution in [2.45, 2.75) is 147 Å². The first-order valence-electron chi connectivity index (χ1n) is 17.5. The van der Waals surface area contributed by atoms with Gasteiger partial charge in [-0.05, 0) is 0 Å². The molecule has 0 aliphatic carbocycles. The molecule has 4 saturated heterocycles. The van der Waals surface area contributed by atoms with Gasteiger partial charge in [0.15, 0.2) is 25.2 Å². The van der Waals surface area contributed by atoms with E-state index in [1.165, 1.54) is 0 Å². The summed E-state index contributed by atoms with van der Waals surface area (Å²) in [5.74, 6) is 0. The number of hydrogen-bond acceptors (Lipinski definition) is 26. The number of rotatable bonds is 21. The van der Waals surface area contributed by atoms with Gasteiger partial charge in [0, 0.05) is 0 Å². The lowest BCUT2D eigenvalue weighted by Gasteiger charge is -2.29. The molecule has 18 N–H and O–H groups in total. The van der Waals surface area contributed by atoms with Crippen LogP contribution in [0.4, 0.5) is 0 Å². The van der Waals surface area contributed by atoms with Crippen LogP contribution in [0.15, 0.2) is 0 Å². The second kappa shape index (κ2) is 21.0. The molecule has 0 saturated carbocycles. The molecule has 0 aromatic carbocycles. The summed E-state index contributed by atoms with van der Waals surface area (Å²) >= 11 is 0. The summed E-state index contributed by atoms with van der Waals surface area (Å²) in [5, 5.41) is 182. The predicted octanol–water partition coefficient (Wildman–Crippen LogP) is -12.3. The lowest BCUT2D eigenvalue weighted by molar-refractivity contribution is -0.263. The summed E-state index contributed by atoms with van der Waals surface area (Å²) in [6, 6.07) is 0. The third kappa shape index (κ3) is 10.5. The van der Waals surface area contributed by atoms with Crippen LogP contribution in [0, 0.1) is 0 Å². The number of hydrogen-bond donors (Lipinski definition) is 18. The Morgan fingerprint density at radius 2 is 0.732 bits per heavy atom. The Labute approximate surface area is 317 Å². The van der Waals surface area contributed by atoms with E-state index in [9.17, 15) is 81.7 Å². The second-order valence-electron chi connectivity index (χ2n) is 13.8. The first kappa shape index (κ1) is 47.6. The van der Waals surface area contributed by atoms with E-state index in [4.69, 9.17) is 48.1 Å². The molecule has 24 atom stereocenters. The molecule has 26 nitrogen and oxygen atoms in total. The fourth-order valence-electron chi connectivity index (χ4n) is 6.48. The molecular formula is C30H54O26. The van der Waals surface area contributed by atoms with E-state index in [0.29, 0.717) is 0 Å². The van der Waals surface area contributed by atoms with Gasteiger partial charge in [-0.1, -0.05) is 0 Å². The van der Waals surface area contributed by atoms with Crippen LogP contribution in [-0.4, -0.2) is 279 Å². The van der Waals surface area contributed by atoms with Gasteiger partial charge in [-0.25, -0.2) is 0 Å². The van der Waals surface area contributed by atoms with Crippen molar-refractivity contribution in [1.29, 1.82) is 0 Å². The first-order valence-corrected chi connectivity index (χ1v) is 17.5. The van der Waals surface area contributed by atoms with Crippen molar-refractivity contribution in [2.24, 2.45) is 0 Å². The molecule has 4 aliphatic rings. The highest BCUT2D eigenvalue weighted by Gasteiger charge is 2.55. The molecule has 4 aliphatic heterocycles. The normalized spacial score (nSPS) is 43.4. The average molecular weight is 831 g/mol. The van der Waals surface area contributed by atoms with Gasteiger partial charge in [0.05, 0.1) is 39.6 Å². The molecule has 4 fully saturated rings. The molecule has 0 amide bonds. The monoisotopic (exact) mass is 830 g/mol. The molecular weight excluding hydrogens is 776 g/mol. The summed E-state index contributed by atoms with van der Waals surface area (Å²) in [6.45, 7) is -5.27. The van der Waals surface area contributed by atoms with Crippen LogP contribution < -0.4 is 0 Å². The molecule has 4 rings (SSSR count). The van der Waals surface area contributed by atoms with E-state index in [2.05, 4.69) is 0 Å². The topological polar surface area (TPSA) is 438 Å². The fourth-order valence-corrected chi connectivity index (χ4v) is 6.48. The zero-order valence-electron chi connectivity index (χ0n) is 29.4. The zero-order chi connectivity index (χ0) is 41.8. The minimum atomic E-state index is -2.02. The van der Waals surface area contributed by atoms with Crippen LogP contribution in [0.1, 0.15) is 0 Å². The molecule has 0 bridgehead atoms. The minimum Gasteiger partial charge on any atom is -0.394 e. The van der Waals surface area contributed by atoms with Gasteiger partial charge in [-0.2, -0.15) is 0 Å². The van der Waals surface area contributed by atoms with Crippen LogP contribution >= 0.6 is 0 Å². The van der Waals surface area contributed by atoms with Crippen molar-refractivity contribution in [2.75, 3.05) is 39.6 Å². The molecule has 0 aromatic heterocycles. The van der Waals surface area contributed by atoms with Crippen molar-refractivity contribution in [1.82, 2.24) is 0 Å². The maximum absolute atomic E-state index is 10.8. The van der Waals surface area contributed by atoms with Gasteiger partial charge in [0.1, 0.15) is 122 Å². The first-order chi connectivity index (χ1) is 26.4. The molecule has 0 unspecified atom stereocenters. The second-order valence-corrected chi connectivity index (χ2v) is 13.8. The minimum absolute atomic E-state index is 0.738. The molecule has 0 radical (unpaired) electrons. The van der Waals surface area contributed by atoms with E-state index >= 15 is 0 Å². The fraction of sp³-hybridized carbons (Fsp3) is 1.00. The summed E-state index contributed by atoms with van der Waals surface area (Å²) < 4.78 is 43.1. The molecule has 330 valence electrons. The SMILES string of the molecule is OC[C@@H](O)[C@@H](O)[C@H](O)[C@H](O)CO[C@@H]1O[C@@H]([C@@H](CO)O[C@@H]2O[C@@H]([C@@H](CO)O[C@@H]3O[C@@H]([C@H](O)CO[C@@H]4O[C@@H]([C@H](O)CO)[C@H](O)[C@H]4O)[C@H](O)[C@H]3O)[C@H](O)[C@H]2O)[C@H](O)[C@H]1O. The van der Waals surface area contributed by atoms with Crippen LogP contribution in [-0.2, 0) is 37.9 Å². The van der Waals surface area contributed by atoms with Crippen LogP contribution in [0.3, 0.4) is 0 Å². The quantitative estimate of drug-likeness (QED) is 0.0510. The van der Waals surface area contributed by atoms with Gasteiger partial charge in [0.2, 0.25) is 0 Å². The van der Waals surface area contributed by atoms with Gasteiger partial charge < -0.3 is 130 Å². The number of aliphatic hydroxyl groups excluding tert-OH is 18. The Morgan fingerprint density at radius 1 is 0.375 bits per heavy atom. The summed E-state index contributed by atoms with van der Waals surface area (Å²) in [7, 11) is 0. The Balaban J connectivity index is 1.31. The van der Waals surface area contributed by atoms with Gasteiger partial charge in [0.25, 0.3) is 0 Å². The van der Waals surface area contributed by atoms with E-state index in [1.54, 1.807) is 0 Å². The number of aliphatic hydroxyl groups is 18. The van der Waals surface area contributed by atoms with Crippen LogP contribution in [0.5, 0.6) is 0 Å². The Bertz CT molecular complexity index is 1160. The highest BCUT2D eigenvalue weighted by molar-refractivity contribution is 4.97. The van der Waals surface area contributed by atoms with E-state index < -0.39 is 187 Å². The number of ether oxygens (including phenoxy) is 8. The highest BCUT2D eigenvalue weighted by atomic mass is 16.8. The summed E-state index contributed by atoms with van der Waals surface area (Å²) in [4.78, 5) is 0. The van der Waals surface area contributed by atoms with Crippen molar-refractivity contribution in [3.63, 3.8) is 0 Å². The van der Waals surface area contributed by atoms with Crippen molar-refractivity contribution in [3.05, 3.63) is 0 Å². The molecule has 0 aromatic rings. The van der Waals surface area contributed by atoms with Crippen molar-refractivity contribution < 1.29 is 130 Å². The van der Waals surface area contributed by atoms with Crippen molar-refractivity contribution in [3.8, 4) is 0 Å². The molecule has 0 spiro atoms. The van der Waals surface area contributed by atoms with Gasteiger partial charge in [-0.15, -0.1) is 0 Å². The van der Waals surface area contributed by atoms with Gasteiger partial charge in [-0.3, -0.25) is 0 Å². The third-order valence-corrected chi connectivity index (χ3v) is 9.87. The highest BCUT2D eigenvalue weighted by Crippen LogP contribution is 2.34. The molecule has 4 heterocycles. The molecule has 26 heteroatoms. The standard InChI is InChI=1S/C30H54O26/c31-1-7(35)13(39)14(40)9(37)5-49-28-20(46)17(43)25(55-28)11(3-33)52-30-22(48)18(44)26(56-30)12(4-34)51-29-21(47)16(42)24(54-29)10(38)6-50-27-19(45)15(41)23(53-27)8(36)2-32/h7-48H,1-6H2/t7-,8-,9-,10-,11-,12-,13-,14-,15-,16-,17-,18-,19-,20-,21-,22-,23+,24+,25+,26+,27-,28-,29-,30-/m1/s1. The lowest BCUT2D eigenvalue weighted by Crippen LogP contribution is -2.48. The smallest absolute Gasteiger partial charge is 0.187 e. The lowest BCUT2D eigenvalue weighted by atomic mass is 10.0. The van der Waals surface area contributed by atoms with E-state index in [1.807, 2.05) is 0 Å². The van der Waals surface area contributed by atoms with Gasteiger partial charge >= 0.3 is 0 Å². The molecule has 56 heavy (non-hydrogen) atoms. The Kier molecular flexibility index (Phi) is 17.8. The predicted molar refractivity (Wildman–Crippen MR) is 169 cm³/mol. The van der Waals surface area contributed by atoms with Crippen LogP contribution in [0.2, 0.25) is 0 Å². The summed E-state index contributed by atoms with van der Waals surface area (Å²) in [6.07, 6.45) is -42.3. The Morgan fingerprint density at radius 3 is 1.18 bits per heavy atom. The largest absolute Gasteiger partial charge is 0.394 e. The summed E-state index contributed by atoms with van der Waals surface area (Å²) in [5.41, 5.74) is 0. The zero-order valence-corrected chi connectivity index (χ0v) is 29.4. The van der Waals surface area contributed by atoms with Crippen LogP contribution in [0.25, 0.3) is 0 Å².